The third-order valence-corrected chi connectivity index (χ3v) is 2.34. The molecule has 0 radical (unpaired) electrons. The molecule has 0 aromatic rings. The van der Waals surface area contributed by atoms with Crippen LogP contribution in [-0.4, -0.2) is 55.0 Å². The van der Waals surface area contributed by atoms with E-state index in [1.54, 1.807) is 4.90 Å². The Labute approximate surface area is 84.0 Å². The summed E-state index contributed by atoms with van der Waals surface area (Å²) in [5, 5.41) is 11.7. The molecule has 1 aliphatic rings. The molecule has 2 N–H and O–H groups in total. The Kier molecular flexibility index (Phi) is 4.69. The highest BCUT2D eigenvalue weighted by molar-refractivity contribution is 5.74. The van der Waals surface area contributed by atoms with E-state index in [1.165, 1.54) is 0 Å². The van der Waals surface area contributed by atoms with Crippen LogP contribution in [0.15, 0.2) is 0 Å². The van der Waals surface area contributed by atoms with Crippen LogP contribution in [0, 0.1) is 0 Å². The predicted octanol–water partition coefficient (Wildman–Crippen LogP) is -0.201. The Morgan fingerprint density at radius 2 is 2.21 bits per heavy atom. The number of aliphatic hydroxyl groups excluding tert-OH is 1. The minimum Gasteiger partial charge on any atom is -0.394 e. The number of carbonyl (C=O) groups excluding carboxylic acids is 1. The number of rotatable bonds is 3. The molecule has 0 aliphatic carbocycles. The number of morpholine rings is 1. The minimum atomic E-state index is -0.134. The molecule has 5 nitrogen and oxygen atoms in total. The summed E-state index contributed by atoms with van der Waals surface area (Å²) in [6.07, 6.45) is 0.743. The standard InChI is InChI=1S/C9H18N2O3/c1-2-8(7-12)10-9(13)11-3-5-14-6-4-11/h8,12H,2-7H2,1H3,(H,10,13)/t8-/m0/s1. The number of urea groups is 1. The highest BCUT2D eigenvalue weighted by Crippen LogP contribution is 1.98. The van der Waals surface area contributed by atoms with Gasteiger partial charge in [-0.15, -0.1) is 0 Å². The van der Waals surface area contributed by atoms with Crippen molar-refractivity contribution in [3.8, 4) is 0 Å². The average molecular weight is 202 g/mol. The van der Waals surface area contributed by atoms with E-state index < -0.39 is 0 Å². The summed E-state index contributed by atoms with van der Waals surface area (Å²) in [7, 11) is 0. The van der Waals surface area contributed by atoms with E-state index in [4.69, 9.17) is 9.84 Å². The molecule has 0 unspecified atom stereocenters. The Bertz CT molecular complexity index is 177. The lowest BCUT2D eigenvalue weighted by molar-refractivity contribution is 0.0518. The fourth-order valence-corrected chi connectivity index (χ4v) is 1.31. The third kappa shape index (κ3) is 3.16. The number of aliphatic hydroxyl groups is 1. The number of nitrogens with zero attached hydrogens (tertiary/aromatic N) is 1. The van der Waals surface area contributed by atoms with Crippen molar-refractivity contribution >= 4 is 6.03 Å². The molecule has 0 saturated carbocycles. The van der Waals surface area contributed by atoms with Gasteiger partial charge in [-0.05, 0) is 6.42 Å². The van der Waals surface area contributed by atoms with Gasteiger partial charge in [-0.2, -0.15) is 0 Å². The smallest absolute Gasteiger partial charge is 0.317 e. The van der Waals surface area contributed by atoms with Crippen LogP contribution in [0.25, 0.3) is 0 Å². The molecule has 82 valence electrons. The second kappa shape index (κ2) is 5.82. The summed E-state index contributed by atoms with van der Waals surface area (Å²) in [5.74, 6) is 0. The van der Waals surface area contributed by atoms with E-state index in [2.05, 4.69) is 5.32 Å². The van der Waals surface area contributed by atoms with E-state index in [9.17, 15) is 4.79 Å². The monoisotopic (exact) mass is 202 g/mol. The molecule has 1 saturated heterocycles. The first-order chi connectivity index (χ1) is 6.77. The first-order valence-corrected chi connectivity index (χ1v) is 5.02. The second-order valence-corrected chi connectivity index (χ2v) is 3.34. The van der Waals surface area contributed by atoms with Crippen LogP contribution >= 0.6 is 0 Å². The lowest BCUT2D eigenvalue weighted by Gasteiger charge is -2.28. The number of hydrogen-bond donors (Lipinski definition) is 2. The minimum absolute atomic E-state index is 0.00736. The number of ether oxygens (including phenoxy) is 1. The van der Waals surface area contributed by atoms with Crippen LogP contribution in [0.4, 0.5) is 4.79 Å². The van der Waals surface area contributed by atoms with Crippen molar-refractivity contribution in [3.63, 3.8) is 0 Å². The maximum Gasteiger partial charge on any atom is 0.317 e. The molecule has 1 atom stereocenters. The first kappa shape index (κ1) is 11.3. The average Bonchev–Trinajstić information content (AvgIpc) is 2.26. The Balaban J connectivity index is 2.32. The Morgan fingerprint density at radius 1 is 1.57 bits per heavy atom. The van der Waals surface area contributed by atoms with Gasteiger partial charge in [-0.25, -0.2) is 4.79 Å². The van der Waals surface area contributed by atoms with Crippen LogP contribution in [0.1, 0.15) is 13.3 Å². The summed E-state index contributed by atoms with van der Waals surface area (Å²) >= 11 is 0. The van der Waals surface area contributed by atoms with Gasteiger partial charge < -0.3 is 20.1 Å². The zero-order chi connectivity index (χ0) is 10.4. The molecular formula is C9H18N2O3. The first-order valence-electron chi connectivity index (χ1n) is 5.02. The van der Waals surface area contributed by atoms with E-state index in [0.29, 0.717) is 26.3 Å². The number of hydrogen-bond acceptors (Lipinski definition) is 3. The zero-order valence-electron chi connectivity index (χ0n) is 8.53. The van der Waals surface area contributed by atoms with Gasteiger partial charge in [0.15, 0.2) is 0 Å². The fraction of sp³-hybridized carbons (Fsp3) is 0.889. The summed E-state index contributed by atoms with van der Waals surface area (Å²) in [6.45, 7) is 4.39. The number of amides is 2. The largest absolute Gasteiger partial charge is 0.394 e. The maximum absolute atomic E-state index is 11.6. The zero-order valence-corrected chi connectivity index (χ0v) is 8.53. The van der Waals surface area contributed by atoms with Crippen molar-refractivity contribution in [2.75, 3.05) is 32.9 Å². The summed E-state index contributed by atoms with van der Waals surface area (Å²) in [5.41, 5.74) is 0. The molecule has 2 amide bonds. The van der Waals surface area contributed by atoms with Gasteiger partial charge in [-0.1, -0.05) is 6.92 Å². The summed E-state index contributed by atoms with van der Waals surface area (Å²) < 4.78 is 5.14. The van der Waals surface area contributed by atoms with Gasteiger partial charge in [0, 0.05) is 13.1 Å². The van der Waals surface area contributed by atoms with Crippen LogP contribution in [0.3, 0.4) is 0 Å². The van der Waals surface area contributed by atoms with Crippen LogP contribution in [0.2, 0.25) is 0 Å². The molecule has 1 heterocycles. The highest BCUT2D eigenvalue weighted by atomic mass is 16.5. The molecule has 0 bridgehead atoms. The van der Waals surface area contributed by atoms with Crippen LogP contribution in [-0.2, 0) is 4.74 Å². The van der Waals surface area contributed by atoms with E-state index in [0.717, 1.165) is 6.42 Å². The topological polar surface area (TPSA) is 61.8 Å². The van der Waals surface area contributed by atoms with Crippen molar-refractivity contribution < 1.29 is 14.6 Å². The maximum atomic E-state index is 11.6. The van der Waals surface area contributed by atoms with Crippen molar-refractivity contribution in [2.45, 2.75) is 19.4 Å². The third-order valence-electron chi connectivity index (χ3n) is 2.34. The highest BCUT2D eigenvalue weighted by Gasteiger charge is 2.18. The molecule has 14 heavy (non-hydrogen) atoms. The van der Waals surface area contributed by atoms with Gasteiger partial charge in [0.25, 0.3) is 0 Å². The lowest BCUT2D eigenvalue weighted by atomic mass is 10.2. The van der Waals surface area contributed by atoms with Crippen LogP contribution < -0.4 is 5.32 Å². The summed E-state index contributed by atoms with van der Waals surface area (Å²) in [4.78, 5) is 13.3. The van der Waals surface area contributed by atoms with Gasteiger partial charge in [0.1, 0.15) is 0 Å². The van der Waals surface area contributed by atoms with Crippen molar-refractivity contribution in [2.24, 2.45) is 0 Å². The van der Waals surface area contributed by atoms with Gasteiger partial charge in [-0.3, -0.25) is 0 Å². The van der Waals surface area contributed by atoms with E-state index in [-0.39, 0.29) is 18.7 Å². The van der Waals surface area contributed by atoms with Crippen molar-refractivity contribution in [1.82, 2.24) is 10.2 Å². The molecule has 0 spiro atoms. The Hall–Kier alpha value is -0.810. The Morgan fingerprint density at radius 3 is 2.71 bits per heavy atom. The molecular weight excluding hydrogens is 184 g/mol. The predicted molar refractivity (Wildman–Crippen MR) is 52.1 cm³/mol. The number of nitrogens with one attached hydrogen (secondary N) is 1. The molecule has 5 heteroatoms. The molecule has 1 rings (SSSR count). The fourth-order valence-electron chi connectivity index (χ4n) is 1.31. The SMILES string of the molecule is CC[C@@H](CO)NC(=O)N1CCOCC1. The van der Waals surface area contributed by atoms with Gasteiger partial charge >= 0.3 is 6.03 Å². The molecule has 1 fully saturated rings. The molecule has 1 aliphatic heterocycles. The quantitative estimate of drug-likeness (QED) is 0.666. The molecule has 0 aromatic heterocycles. The van der Waals surface area contributed by atoms with Gasteiger partial charge in [0.05, 0.1) is 25.9 Å². The van der Waals surface area contributed by atoms with Crippen molar-refractivity contribution in [3.05, 3.63) is 0 Å². The van der Waals surface area contributed by atoms with Gasteiger partial charge in [0.2, 0.25) is 0 Å². The molecule has 0 aromatic carbocycles. The van der Waals surface area contributed by atoms with E-state index in [1.807, 2.05) is 6.92 Å². The lowest BCUT2D eigenvalue weighted by Crippen LogP contribution is -2.49. The second-order valence-electron chi connectivity index (χ2n) is 3.34. The summed E-state index contributed by atoms with van der Waals surface area (Å²) in [6, 6.07) is -0.237. The number of carbonyl (C=O) groups is 1. The van der Waals surface area contributed by atoms with E-state index >= 15 is 0 Å². The van der Waals surface area contributed by atoms with Crippen molar-refractivity contribution in [1.29, 1.82) is 0 Å². The van der Waals surface area contributed by atoms with Crippen LogP contribution in [0.5, 0.6) is 0 Å². The normalized spacial score (nSPS) is 19.1.